The molecule has 0 amide bonds. The highest BCUT2D eigenvalue weighted by atomic mass is 16.8. The van der Waals surface area contributed by atoms with Gasteiger partial charge < -0.3 is 24.1 Å². The molecule has 1 aromatic carbocycles. The van der Waals surface area contributed by atoms with Crippen molar-refractivity contribution in [2.75, 3.05) is 6.61 Å². The minimum Gasteiger partial charge on any atom is -0.492 e. The van der Waals surface area contributed by atoms with E-state index in [4.69, 9.17) is 18.9 Å². The Bertz CT molecular complexity index is 731. The van der Waals surface area contributed by atoms with Gasteiger partial charge in [0.05, 0.1) is 10.5 Å². The molecular weight excluding hydrogens is 318 g/mol. The average Bonchev–Trinajstić information content (AvgIpc) is 3.07. The van der Waals surface area contributed by atoms with E-state index in [0.29, 0.717) is 5.56 Å². The van der Waals surface area contributed by atoms with Crippen molar-refractivity contribution in [1.82, 2.24) is 0 Å². The molecule has 128 valence electrons. The summed E-state index contributed by atoms with van der Waals surface area (Å²) in [6.07, 6.45) is -0.627. The zero-order chi connectivity index (χ0) is 17.1. The first-order valence-electron chi connectivity index (χ1n) is 7.63. The van der Waals surface area contributed by atoms with E-state index in [1.165, 1.54) is 12.1 Å². The van der Waals surface area contributed by atoms with Crippen LogP contribution in [0.15, 0.2) is 30.0 Å². The molecular formula is C16H17NO7. The second-order valence-corrected chi connectivity index (χ2v) is 6.51. The van der Waals surface area contributed by atoms with Gasteiger partial charge in [0.15, 0.2) is 23.8 Å². The highest BCUT2D eigenvalue weighted by Crippen LogP contribution is 2.50. The van der Waals surface area contributed by atoms with Crippen LogP contribution in [0.4, 0.5) is 5.69 Å². The minimum absolute atomic E-state index is 0.0694. The molecule has 3 fully saturated rings. The number of fused-ring (bicyclic) bond motifs is 3. The average molecular weight is 335 g/mol. The molecule has 3 aliphatic heterocycles. The van der Waals surface area contributed by atoms with E-state index in [-0.39, 0.29) is 18.1 Å². The van der Waals surface area contributed by atoms with E-state index in [2.05, 4.69) is 0 Å². The predicted octanol–water partition coefficient (Wildman–Crippen LogP) is 1.57. The number of hydrogen-bond donors (Lipinski definition) is 1. The summed E-state index contributed by atoms with van der Waals surface area (Å²) in [5.74, 6) is -0.696. The molecule has 0 aromatic heterocycles. The number of hydrogen-bond acceptors (Lipinski definition) is 7. The highest BCUT2D eigenvalue weighted by molar-refractivity contribution is 5.64. The number of para-hydroxylation sites is 1. The van der Waals surface area contributed by atoms with Crippen LogP contribution in [0.1, 0.15) is 19.4 Å². The van der Waals surface area contributed by atoms with Crippen molar-refractivity contribution in [3.8, 4) is 0 Å². The van der Waals surface area contributed by atoms with Gasteiger partial charge in [-0.15, -0.1) is 0 Å². The van der Waals surface area contributed by atoms with Gasteiger partial charge in [-0.1, -0.05) is 12.1 Å². The minimum atomic E-state index is -1.54. The topological polar surface area (TPSA) is 100 Å². The number of ether oxygens (including phenoxy) is 4. The van der Waals surface area contributed by atoms with Gasteiger partial charge in [0.25, 0.3) is 5.69 Å². The molecule has 0 radical (unpaired) electrons. The summed E-state index contributed by atoms with van der Waals surface area (Å²) >= 11 is 0. The van der Waals surface area contributed by atoms with E-state index in [9.17, 15) is 15.2 Å². The molecule has 0 saturated carbocycles. The standard InChI is InChI=1S/C16H17NO7/c1-15(2)23-13-14(24-15)22-12-8-21-11(16(12,13)18)7-9-5-3-4-6-10(9)17(19)20/h3-7,12-14,18H,8H2,1-2H3/b11-7-/t12-,13+,14-,16-/m1/s1. The summed E-state index contributed by atoms with van der Waals surface area (Å²) in [6.45, 7) is 3.59. The summed E-state index contributed by atoms with van der Waals surface area (Å²) in [6, 6.07) is 6.25. The van der Waals surface area contributed by atoms with Gasteiger partial charge >= 0.3 is 0 Å². The lowest BCUT2D eigenvalue weighted by Gasteiger charge is -2.27. The van der Waals surface area contributed by atoms with Crippen LogP contribution in [0.5, 0.6) is 0 Å². The van der Waals surface area contributed by atoms with Crippen molar-refractivity contribution in [2.24, 2.45) is 0 Å². The smallest absolute Gasteiger partial charge is 0.276 e. The van der Waals surface area contributed by atoms with Gasteiger partial charge in [-0.05, 0) is 26.0 Å². The number of nitro groups is 1. The first kappa shape index (κ1) is 15.5. The molecule has 3 aliphatic rings. The molecule has 4 rings (SSSR count). The Balaban J connectivity index is 1.74. The third-order valence-electron chi connectivity index (χ3n) is 4.49. The Kier molecular flexibility index (Phi) is 3.23. The normalized spacial score (nSPS) is 38.0. The lowest BCUT2D eigenvalue weighted by atomic mass is 9.91. The summed E-state index contributed by atoms with van der Waals surface area (Å²) in [5.41, 5.74) is -1.27. The van der Waals surface area contributed by atoms with Gasteiger partial charge in [-0.2, -0.15) is 0 Å². The number of aliphatic hydroxyl groups is 1. The second-order valence-electron chi connectivity index (χ2n) is 6.51. The monoisotopic (exact) mass is 335 g/mol. The zero-order valence-corrected chi connectivity index (χ0v) is 13.2. The SMILES string of the molecule is CC1(C)O[C@H]2O[C@@H]3CO/C(=C\c4ccccc4[N+](=O)[O-])[C@]3(O)[C@H]2O1. The van der Waals surface area contributed by atoms with E-state index in [1.807, 2.05) is 0 Å². The lowest BCUT2D eigenvalue weighted by molar-refractivity contribution is -0.385. The zero-order valence-electron chi connectivity index (χ0n) is 13.2. The third-order valence-corrected chi connectivity index (χ3v) is 4.49. The number of nitro benzene ring substituents is 1. The van der Waals surface area contributed by atoms with Crippen molar-refractivity contribution < 1.29 is 29.0 Å². The van der Waals surface area contributed by atoms with Crippen molar-refractivity contribution in [1.29, 1.82) is 0 Å². The van der Waals surface area contributed by atoms with Crippen molar-refractivity contribution >= 4 is 11.8 Å². The van der Waals surface area contributed by atoms with Crippen LogP contribution < -0.4 is 0 Å². The van der Waals surface area contributed by atoms with Crippen LogP contribution >= 0.6 is 0 Å². The summed E-state index contributed by atoms with van der Waals surface area (Å²) in [7, 11) is 0. The van der Waals surface area contributed by atoms with Crippen LogP contribution in [0.2, 0.25) is 0 Å². The Morgan fingerprint density at radius 2 is 2.08 bits per heavy atom. The van der Waals surface area contributed by atoms with Gasteiger partial charge in [0, 0.05) is 6.07 Å². The molecule has 8 heteroatoms. The van der Waals surface area contributed by atoms with E-state index in [1.54, 1.807) is 32.0 Å². The predicted molar refractivity (Wildman–Crippen MR) is 80.7 cm³/mol. The van der Waals surface area contributed by atoms with Crippen LogP contribution in [0.3, 0.4) is 0 Å². The molecule has 4 atom stereocenters. The Morgan fingerprint density at radius 3 is 2.83 bits per heavy atom. The summed E-state index contributed by atoms with van der Waals surface area (Å²) in [4.78, 5) is 10.7. The quantitative estimate of drug-likeness (QED) is 0.647. The Morgan fingerprint density at radius 1 is 1.33 bits per heavy atom. The molecule has 8 nitrogen and oxygen atoms in total. The third kappa shape index (κ3) is 2.15. The van der Waals surface area contributed by atoms with E-state index >= 15 is 0 Å². The van der Waals surface area contributed by atoms with Crippen molar-refractivity contribution in [3.05, 3.63) is 45.7 Å². The highest BCUT2D eigenvalue weighted by Gasteiger charge is 2.68. The number of rotatable bonds is 2. The fourth-order valence-corrected chi connectivity index (χ4v) is 3.40. The van der Waals surface area contributed by atoms with Crippen molar-refractivity contribution in [2.45, 2.75) is 43.7 Å². The molecule has 3 heterocycles. The first-order chi connectivity index (χ1) is 11.3. The van der Waals surface area contributed by atoms with Crippen LogP contribution in [0, 0.1) is 10.1 Å². The molecule has 0 unspecified atom stereocenters. The van der Waals surface area contributed by atoms with E-state index < -0.39 is 34.8 Å². The maximum Gasteiger partial charge on any atom is 0.276 e. The van der Waals surface area contributed by atoms with Crippen LogP contribution in [0.25, 0.3) is 6.08 Å². The molecule has 24 heavy (non-hydrogen) atoms. The fraction of sp³-hybridized carbons (Fsp3) is 0.500. The molecule has 1 N–H and O–H groups in total. The summed E-state index contributed by atoms with van der Waals surface area (Å²) < 4.78 is 22.7. The van der Waals surface area contributed by atoms with Crippen molar-refractivity contribution in [3.63, 3.8) is 0 Å². The molecule has 3 saturated heterocycles. The van der Waals surface area contributed by atoms with Gasteiger partial charge in [0.2, 0.25) is 0 Å². The summed E-state index contributed by atoms with van der Waals surface area (Å²) in [5, 5.41) is 22.4. The second kappa shape index (κ2) is 5.00. The molecule has 1 aromatic rings. The fourth-order valence-electron chi connectivity index (χ4n) is 3.40. The van der Waals surface area contributed by atoms with Crippen LogP contribution in [-0.4, -0.2) is 46.5 Å². The number of nitrogens with zero attached hydrogens (tertiary/aromatic N) is 1. The van der Waals surface area contributed by atoms with E-state index in [0.717, 1.165) is 0 Å². The first-order valence-corrected chi connectivity index (χ1v) is 7.63. The molecule has 0 aliphatic carbocycles. The number of benzene rings is 1. The largest absolute Gasteiger partial charge is 0.492 e. The van der Waals surface area contributed by atoms with Gasteiger partial charge in [0.1, 0.15) is 18.5 Å². The maximum absolute atomic E-state index is 11.2. The Labute approximate surface area is 137 Å². The van der Waals surface area contributed by atoms with Gasteiger partial charge in [-0.25, -0.2) is 0 Å². The molecule has 0 spiro atoms. The van der Waals surface area contributed by atoms with Gasteiger partial charge in [-0.3, -0.25) is 10.1 Å². The van der Waals surface area contributed by atoms with Crippen LogP contribution in [-0.2, 0) is 18.9 Å². The lowest BCUT2D eigenvalue weighted by Crippen LogP contribution is -2.47. The molecule has 0 bridgehead atoms. The Hall–Kier alpha value is -2.00. The maximum atomic E-state index is 11.2.